The van der Waals surface area contributed by atoms with Crippen LogP contribution >= 0.6 is 0 Å². The van der Waals surface area contributed by atoms with Gasteiger partial charge in [-0.2, -0.15) is 0 Å². The molecule has 1 atom stereocenters. The van der Waals surface area contributed by atoms with Crippen LogP contribution in [0.5, 0.6) is 0 Å². The lowest BCUT2D eigenvalue weighted by Crippen LogP contribution is -2.19. The van der Waals surface area contributed by atoms with E-state index in [-0.39, 0.29) is 24.6 Å². The maximum atomic E-state index is 12.2. The molecular weight excluding hydrogens is 518 g/mol. The summed E-state index contributed by atoms with van der Waals surface area (Å²) in [5, 5.41) is 11.3. The van der Waals surface area contributed by atoms with E-state index in [1.807, 2.05) is 72.8 Å². The first-order chi connectivity index (χ1) is 20.1. The van der Waals surface area contributed by atoms with Gasteiger partial charge in [-0.3, -0.25) is 15.1 Å². The third-order valence-electron chi connectivity index (χ3n) is 6.14. The van der Waals surface area contributed by atoms with E-state index in [1.165, 1.54) is 7.11 Å². The average Bonchev–Trinajstić information content (AvgIpc) is 3.47. The number of aromatic nitrogens is 6. The minimum atomic E-state index is -0.382. The maximum Gasteiger partial charge on any atom is 0.252 e. The van der Waals surface area contributed by atoms with E-state index >= 15 is 0 Å². The van der Waals surface area contributed by atoms with Gasteiger partial charge in [-0.1, -0.05) is 59.7 Å². The van der Waals surface area contributed by atoms with Crippen LogP contribution in [-0.2, 0) is 20.8 Å². The van der Waals surface area contributed by atoms with Gasteiger partial charge >= 0.3 is 0 Å². The van der Waals surface area contributed by atoms with Gasteiger partial charge in [0.1, 0.15) is 18.4 Å². The van der Waals surface area contributed by atoms with Gasteiger partial charge in [0, 0.05) is 25.3 Å². The van der Waals surface area contributed by atoms with Gasteiger partial charge in [-0.25, -0.2) is 14.6 Å². The number of carbonyl (C=O) groups is 1. The molecule has 5 aromatic rings. The Kier molecular flexibility index (Phi) is 8.49. The van der Waals surface area contributed by atoms with Crippen LogP contribution in [0.1, 0.15) is 28.6 Å². The normalized spacial score (nSPS) is 11.5. The number of nitrogens with zero attached hydrogens (tertiary/aromatic N) is 6. The highest BCUT2D eigenvalue weighted by atomic mass is 16.5. The monoisotopic (exact) mass is 545 g/mol. The van der Waals surface area contributed by atoms with Crippen molar-refractivity contribution in [2.24, 2.45) is 0 Å². The third kappa shape index (κ3) is 6.67. The van der Waals surface area contributed by atoms with Crippen LogP contribution in [-0.4, -0.2) is 56.7 Å². The Morgan fingerprint density at radius 2 is 1.76 bits per heavy atom. The fraction of sp³-hybridized carbons (Fsp3) is 0.161. The molecule has 3 heterocycles. The summed E-state index contributed by atoms with van der Waals surface area (Å²) in [4.78, 5) is 26.1. The second-order valence-corrected chi connectivity index (χ2v) is 9.05. The Labute approximate surface area is 237 Å². The number of ether oxygens (including phenoxy) is 2. The van der Waals surface area contributed by atoms with Gasteiger partial charge < -0.3 is 9.47 Å². The molecule has 1 N–H and O–H groups in total. The first-order valence-electron chi connectivity index (χ1n) is 12.7. The van der Waals surface area contributed by atoms with Crippen LogP contribution in [0.2, 0.25) is 0 Å². The number of hydrogen-bond donors (Lipinski definition) is 1. The number of benzene rings is 2. The molecule has 10 nitrogen and oxygen atoms in total. The summed E-state index contributed by atoms with van der Waals surface area (Å²) >= 11 is 0. The molecule has 2 aromatic carbocycles. The number of anilines is 1. The first kappa shape index (κ1) is 27.3. The molecule has 0 bridgehead atoms. The van der Waals surface area contributed by atoms with Crippen molar-refractivity contribution in [3.8, 4) is 35.0 Å². The molecule has 5 rings (SSSR count). The Balaban J connectivity index is 1.43. The number of terminal acetylenes is 1. The van der Waals surface area contributed by atoms with Gasteiger partial charge in [0.15, 0.2) is 0 Å². The van der Waals surface area contributed by atoms with E-state index in [0.29, 0.717) is 29.2 Å². The SMILES string of the molecule is C#Cc1cccc(-c2cc(-c3cn(Cc4cccc(C(OC)c5ccccc5)n4)nn3)nc(NC(=O)COC)n2)c1. The molecule has 204 valence electrons. The van der Waals surface area contributed by atoms with Crippen LogP contribution in [0.15, 0.2) is 85.1 Å². The largest absolute Gasteiger partial charge is 0.375 e. The number of pyridine rings is 1. The molecule has 0 saturated carbocycles. The van der Waals surface area contributed by atoms with E-state index in [9.17, 15) is 4.79 Å². The summed E-state index contributed by atoms with van der Waals surface area (Å²) in [7, 11) is 3.11. The third-order valence-corrected chi connectivity index (χ3v) is 6.14. The van der Waals surface area contributed by atoms with Gasteiger partial charge in [-0.15, -0.1) is 11.5 Å². The lowest BCUT2D eigenvalue weighted by atomic mass is 10.1. The molecular formula is C31H27N7O3. The van der Waals surface area contributed by atoms with Crippen molar-refractivity contribution in [2.75, 3.05) is 26.1 Å². The van der Waals surface area contributed by atoms with Crippen LogP contribution in [0.3, 0.4) is 0 Å². The van der Waals surface area contributed by atoms with Gasteiger partial charge in [0.25, 0.3) is 5.91 Å². The highest BCUT2D eigenvalue weighted by Crippen LogP contribution is 2.26. The minimum absolute atomic E-state index is 0.112. The topological polar surface area (TPSA) is 117 Å². The average molecular weight is 546 g/mol. The van der Waals surface area contributed by atoms with Crippen LogP contribution in [0, 0.1) is 12.3 Å². The molecule has 1 amide bonds. The van der Waals surface area contributed by atoms with E-state index in [1.54, 1.807) is 24.1 Å². The van der Waals surface area contributed by atoms with E-state index in [2.05, 4.69) is 31.5 Å². The molecule has 0 radical (unpaired) electrons. The molecule has 10 heteroatoms. The van der Waals surface area contributed by atoms with Crippen molar-refractivity contribution in [3.63, 3.8) is 0 Å². The Hall–Kier alpha value is -5.24. The van der Waals surface area contributed by atoms with Gasteiger partial charge in [-0.05, 0) is 35.9 Å². The number of hydrogen-bond acceptors (Lipinski definition) is 8. The molecule has 41 heavy (non-hydrogen) atoms. The van der Waals surface area contributed by atoms with E-state index in [4.69, 9.17) is 20.9 Å². The quantitative estimate of drug-likeness (QED) is 0.260. The number of nitrogens with one attached hydrogen (secondary N) is 1. The van der Waals surface area contributed by atoms with E-state index < -0.39 is 0 Å². The summed E-state index contributed by atoms with van der Waals surface area (Å²) in [5.41, 5.74) is 5.62. The summed E-state index contributed by atoms with van der Waals surface area (Å²) < 4.78 is 12.3. The summed E-state index contributed by atoms with van der Waals surface area (Å²) in [6.45, 7) is 0.248. The predicted molar refractivity (Wildman–Crippen MR) is 154 cm³/mol. The lowest BCUT2D eigenvalue weighted by molar-refractivity contribution is -0.119. The zero-order valence-electron chi connectivity index (χ0n) is 22.6. The zero-order valence-corrected chi connectivity index (χ0v) is 22.6. The summed E-state index contributed by atoms with van der Waals surface area (Å²) in [6.07, 6.45) is 7.07. The lowest BCUT2D eigenvalue weighted by Gasteiger charge is -2.16. The number of carbonyl (C=O) groups excluding carboxylic acids is 1. The molecule has 0 aliphatic rings. The standard InChI is InChI=1S/C31H27N7O3/c1-4-21-10-8-13-23(16-21)26-17-27(34-31(33-26)35-29(39)20-40-2)28-19-38(37-36-28)18-24-14-9-15-25(32-24)30(41-3)22-11-6-5-7-12-22/h1,5-17,19,30H,18,20H2,2-3H3,(H,33,34,35,39). The van der Waals surface area contributed by atoms with Crippen molar-refractivity contribution in [2.45, 2.75) is 12.6 Å². The molecule has 0 saturated heterocycles. The van der Waals surface area contributed by atoms with Crippen molar-refractivity contribution in [1.82, 2.24) is 29.9 Å². The van der Waals surface area contributed by atoms with Crippen LogP contribution in [0.4, 0.5) is 5.95 Å². The Bertz CT molecular complexity index is 1700. The van der Waals surface area contributed by atoms with Crippen LogP contribution in [0.25, 0.3) is 22.6 Å². The van der Waals surface area contributed by atoms with Gasteiger partial charge in [0.05, 0.1) is 35.5 Å². The molecule has 3 aromatic heterocycles. The molecule has 0 fully saturated rings. The second kappa shape index (κ2) is 12.7. The van der Waals surface area contributed by atoms with Crippen molar-refractivity contribution in [1.29, 1.82) is 0 Å². The minimum Gasteiger partial charge on any atom is -0.375 e. The van der Waals surface area contributed by atoms with Crippen molar-refractivity contribution >= 4 is 11.9 Å². The summed E-state index contributed by atoms with van der Waals surface area (Å²) in [6, 6.07) is 24.9. The zero-order chi connectivity index (χ0) is 28.6. The highest BCUT2D eigenvalue weighted by molar-refractivity contribution is 5.90. The highest BCUT2D eigenvalue weighted by Gasteiger charge is 2.17. The smallest absolute Gasteiger partial charge is 0.252 e. The fourth-order valence-corrected chi connectivity index (χ4v) is 4.29. The predicted octanol–water partition coefficient (Wildman–Crippen LogP) is 4.15. The molecule has 1 unspecified atom stereocenters. The van der Waals surface area contributed by atoms with Gasteiger partial charge in [0.2, 0.25) is 5.95 Å². The van der Waals surface area contributed by atoms with Crippen molar-refractivity contribution < 1.29 is 14.3 Å². The van der Waals surface area contributed by atoms with E-state index in [0.717, 1.165) is 22.5 Å². The fourth-order valence-electron chi connectivity index (χ4n) is 4.29. The summed E-state index contributed by atoms with van der Waals surface area (Å²) in [5.74, 6) is 2.36. The molecule has 0 spiro atoms. The maximum absolute atomic E-state index is 12.2. The number of rotatable bonds is 10. The Morgan fingerprint density at radius 3 is 2.54 bits per heavy atom. The molecule has 0 aliphatic heterocycles. The number of amides is 1. The van der Waals surface area contributed by atoms with Crippen molar-refractivity contribution in [3.05, 3.63) is 108 Å². The molecule has 0 aliphatic carbocycles. The number of methoxy groups -OCH3 is 2. The van der Waals surface area contributed by atoms with Crippen LogP contribution < -0.4 is 5.32 Å². The first-order valence-corrected chi connectivity index (χ1v) is 12.7. The second-order valence-electron chi connectivity index (χ2n) is 9.05. The Morgan fingerprint density at radius 1 is 0.951 bits per heavy atom.